The Morgan fingerprint density at radius 3 is 2.59 bits per heavy atom. The van der Waals surface area contributed by atoms with Gasteiger partial charge >= 0.3 is 5.97 Å². The number of hydrogen-bond acceptors (Lipinski definition) is 12. The molecule has 0 unspecified atom stereocenters. The van der Waals surface area contributed by atoms with Gasteiger partial charge in [0.05, 0.1) is 25.2 Å². The van der Waals surface area contributed by atoms with Crippen molar-refractivity contribution in [2.45, 2.75) is 73.8 Å². The summed E-state index contributed by atoms with van der Waals surface area (Å²) in [7, 11) is 0. The Hall–Kier alpha value is -4.95. The van der Waals surface area contributed by atoms with Gasteiger partial charge in [-0.15, -0.1) is 5.92 Å². The lowest BCUT2D eigenvalue weighted by Gasteiger charge is -2.51. The number of hydrogen-bond donors (Lipinski definition) is 9. The van der Waals surface area contributed by atoms with Gasteiger partial charge in [-0.1, -0.05) is 12.0 Å². The van der Waals surface area contributed by atoms with E-state index in [1.165, 1.54) is 30.6 Å². The molecule has 0 saturated carbocycles. The molecule has 1 saturated heterocycles. The summed E-state index contributed by atoms with van der Waals surface area (Å²) in [6.07, 6.45) is -1.22. The third-order valence-corrected chi connectivity index (χ3v) is 10.3. The largest absolute Gasteiger partial charge is 0.508 e. The van der Waals surface area contributed by atoms with Gasteiger partial charge in [0.1, 0.15) is 30.2 Å². The Morgan fingerprint density at radius 2 is 1.88 bits per heavy atom. The number of anilines is 1. The Bertz CT molecular complexity index is 1950. The van der Waals surface area contributed by atoms with Crippen molar-refractivity contribution in [1.82, 2.24) is 9.97 Å². The summed E-state index contributed by atoms with van der Waals surface area (Å²) in [6, 6.07) is 6.03. The topological polar surface area (TPSA) is 246 Å². The summed E-state index contributed by atoms with van der Waals surface area (Å²) < 4.78 is 12.1. The van der Waals surface area contributed by atoms with Crippen LogP contribution < -0.4 is 9.64 Å². The fourth-order valence-corrected chi connectivity index (χ4v) is 7.82. The number of carbonyl (C=O) groups is 2. The zero-order valence-corrected chi connectivity index (χ0v) is 27.1. The second-order valence-corrected chi connectivity index (χ2v) is 13.5. The van der Waals surface area contributed by atoms with Gasteiger partial charge in [0.15, 0.2) is 17.0 Å². The average molecular weight is 704 g/mol. The number of carboxylic acids is 1. The van der Waals surface area contributed by atoms with Crippen LogP contribution in [0, 0.1) is 17.8 Å². The number of carbonyl (C=O) groups excluding carboxylic acids is 1. The fourth-order valence-electron chi connectivity index (χ4n) is 7.82. The third kappa shape index (κ3) is 5.70. The van der Waals surface area contributed by atoms with Crippen molar-refractivity contribution in [2.24, 2.45) is 5.92 Å². The molecule has 4 aliphatic rings. The van der Waals surface area contributed by atoms with Crippen LogP contribution in [0.4, 0.5) is 5.69 Å². The van der Waals surface area contributed by atoms with Gasteiger partial charge in [-0.05, 0) is 41.8 Å². The summed E-state index contributed by atoms with van der Waals surface area (Å²) in [4.78, 5) is 35.9. The normalized spacial score (nSPS) is 30.9. The molecule has 2 bridgehead atoms. The predicted octanol–water partition coefficient (Wildman–Crippen LogP) is 0.279. The number of ether oxygens (including phenoxy) is 2. The minimum atomic E-state index is -2.08. The Balaban J connectivity index is 1.35. The molecule has 9 N–H and O–H groups in total. The molecule has 4 aliphatic heterocycles. The summed E-state index contributed by atoms with van der Waals surface area (Å²) in [5.41, 5.74) is 0.609. The average Bonchev–Trinajstić information content (AvgIpc) is 3.74. The highest BCUT2D eigenvalue weighted by atomic mass is 16.7. The fraction of sp³-hybridized carbons (Fsp3) is 0.417. The van der Waals surface area contributed by atoms with Crippen LogP contribution in [0.1, 0.15) is 53.1 Å². The standard InChI is InChI=1S/C36H37N3O12/c40-15-19-2-1-3-20-13-36(33(47)31(46)30(45)26(16-41)50-36)51-32-25(43)10-22-12-35(11-19,34(48)49)39(29(22)28(20)32)27(44)7-5-18-4-6-24(42)21(8-18)9-23-14-37-17-38-23/h4-8,10,14,17,19-20,26,30-31,33,40-43,45-47H,3,9,11-13,15-16H2,(H,37,38)(H,48,49)/b7-5+/t19-,20-,26+,30+,31-,33+,35+,36-/m0/s1. The number of fused-ring (bicyclic) bond motifs is 1. The maximum atomic E-state index is 14.4. The number of phenolic OH excluding ortho intramolecular Hbond substituents is 2. The summed E-state index contributed by atoms with van der Waals surface area (Å²) in [6.45, 7) is -1.24. The summed E-state index contributed by atoms with van der Waals surface area (Å²) in [5.74, 6) is -0.573. The van der Waals surface area contributed by atoms with Crippen molar-refractivity contribution in [1.29, 1.82) is 0 Å². The molecular weight excluding hydrogens is 666 g/mol. The van der Waals surface area contributed by atoms with E-state index in [0.29, 0.717) is 23.1 Å². The SMILES string of the molecule is O=C(/C=C/c1ccc(O)c(Cc2cnc[nH]2)c1)N1c2c3cc(O)c4c2[C@@H](CC#C[C@H](CO)C[C@]1(C(=O)O)C3)C[C@@]1(O4)O[C@H](CO)[C@@H](O)[C@H](O)[C@H]1O. The van der Waals surface area contributed by atoms with Crippen LogP contribution in [0.5, 0.6) is 17.2 Å². The molecule has 1 fully saturated rings. The van der Waals surface area contributed by atoms with Crippen LogP contribution >= 0.6 is 0 Å². The highest BCUT2D eigenvalue weighted by molar-refractivity contribution is 6.12. The molecule has 0 radical (unpaired) electrons. The van der Waals surface area contributed by atoms with Gasteiger partial charge in [-0.25, -0.2) is 9.78 Å². The molecule has 2 aromatic carbocycles. The van der Waals surface area contributed by atoms with E-state index >= 15 is 0 Å². The van der Waals surface area contributed by atoms with Crippen LogP contribution in [0.15, 0.2) is 42.9 Å². The van der Waals surface area contributed by atoms with E-state index in [4.69, 9.17) is 9.47 Å². The number of imidazole rings is 1. The number of aliphatic carboxylic acids is 1. The summed E-state index contributed by atoms with van der Waals surface area (Å²) in [5, 5.41) is 85.3. The molecule has 15 heteroatoms. The first-order valence-corrected chi connectivity index (χ1v) is 16.5. The van der Waals surface area contributed by atoms with E-state index < -0.39 is 78.4 Å². The quantitative estimate of drug-likeness (QED) is 0.119. The number of rotatable bonds is 7. The maximum absolute atomic E-state index is 14.4. The van der Waals surface area contributed by atoms with E-state index in [2.05, 4.69) is 21.8 Å². The van der Waals surface area contributed by atoms with Crippen molar-refractivity contribution in [3.63, 3.8) is 0 Å². The van der Waals surface area contributed by atoms with E-state index in [0.717, 1.165) is 10.6 Å². The number of amides is 1. The molecule has 1 aromatic heterocycles. The molecule has 51 heavy (non-hydrogen) atoms. The van der Waals surface area contributed by atoms with E-state index in [1.807, 2.05) is 0 Å². The van der Waals surface area contributed by atoms with Crippen molar-refractivity contribution < 1.29 is 59.9 Å². The van der Waals surface area contributed by atoms with Gasteiger partial charge in [0.25, 0.3) is 5.91 Å². The Morgan fingerprint density at radius 1 is 1.08 bits per heavy atom. The van der Waals surface area contributed by atoms with Crippen LogP contribution in [-0.4, -0.2) is 112 Å². The van der Waals surface area contributed by atoms with E-state index in [1.54, 1.807) is 18.3 Å². The number of nitrogens with one attached hydrogen (secondary N) is 1. The van der Waals surface area contributed by atoms with Crippen LogP contribution in [0.3, 0.4) is 0 Å². The van der Waals surface area contributed by atoms with Gasteiger partial charge in [0.2, 0.25) is 5.79 Å². The number of carboxylic acid groups (broad SMARTS) is 1. The Labute approximate surface area is 291 Å². The monoisotopic (exact) mass is 703 g/mol. The molecule has 1 amide bonds. The van der Waals surface area contributed by atoms with Crippen molar-refractivity contribution in [3.8, 4) is 29.1 Å². The third-order valence-electron chi connectivity index (χ3n) is 10.3. The highest BCUT2D eigenvalue weighted by Gasteiger charge is 2.61. The van der Waals surface area contributed by atoms with E-state index in [-0.39, 0.29) is 48.4 Å². The number of aliphatic hydroxyl groups excluding tert-OH is 5. The molecular formula is C36H37N3O12. The molecule has 5 heterocycles. The number of aromatic nitrogens is 2. The number of H-pyrrole nitrogens is 1. The first-order valence-electron chi connectivity index (χ1n) is 16.5. The molecule has 7 rings (SSSR count). The van der Waals surface area contributed by atoms with Crippen molar-refractivity contribution in [3.05, 3.63) is 70.8 Å². The summed E-state index contributed by atoms with van der Waals surface area (Å²) >= 11 is 0. The number of aliphatic hydroxyl groups is 5. The van der Waals surface area contributed by atoms with Crippen LogP contribution in [0.2, 0.25) is 0 Å². The molecule has 15 nitrogen and oxygen atoms in total. The second-order valence-electron chi connectivity index (χ2n) is 13.5. The highest BCUT2D eigenvalue weighted by Crippen LogP contribution is 2.58. The number of aromatic amines is 1. The molecule has 0 aliphatic carbocycles. The molecule has 8 atom stereocenters. The zero-order chi connectivity index (χ0) is 36.2. The Kier molecular flexibility index (Phi) is 8.78. The first-order chi connectivity index (χ1) is 24.4. The van der Waals surface area contributed by atoms with Gasteiger partial charge in [0, 0.05) is 66.6 Å². The maximum Gasteiger partial charge on any atom is 0.330 e. The van der Waals surface area contributed by atoms with Gasteiger partial charge in [-0.2, -0.15) is 0 Å². The lowest BCUT2D eigenvalue weighted by molar-refractivity contribution is -0.344. The minimum absolute atomic E-state index is 0.0214. The number of nitrogens with zero attached hydrogens (tertiary/aromatic N) is 2. The van der Waals surface area contributed by atoms with Crippen LogP contribution in [-0.2, 0) is 27.2 Å². The second kappa shape index (κ2) is 13.0. The van der Waals surface area contributed by atoms with Crippen molar-refractivity contribution >= 4 is 23.6 Å². The zero-order valence-electron chi connectivity index (χ0n) is 27.1. The number of aromatic hydroxyl groups is 2. The van der Waals surface area contributed by atoms with Gasteiger partial charge < -0.3 is 55.3 Å². The smallest absolute Gasteiger partial charge is 0.330 e. The lowest BCUT2D eigenvalue weighted by atomic mass is 9.78. The minimum Gasteiger partial charge on any atom is -0.508 e. The number of phenols is 2. The lowest BCUT2D eigenvalue weighted by Crippen LogP contribution is -2.68. The predicted molar refractivity (Wildman–Crippen MR) is 176 cm³/mol. The van der Waals surface area contributed by atoms with Crippen LogP contribution in [0.25, 0.3) is 6.08 Å². The first kappa shape index (κ1) is 34.5. The van der Waals surface area contributed by atoms with Gasteiger partial charge in [-0.3, -0.25) is 9.69 Å². The molecule has 3 aromatic rings. The number of benzene rings is 2. The van der Waals surface area contributed by atoms with E-state index in [9.17, 15) is 50.4 Å². The molecule has 268 valence electrons. The van der Waals surface area contributed by atoms with Crippen molar-refractivity contribution in [2.75, 3.05) is 18.1 Å². The molecule has 1 spiro atoms.